The van der Waals surface area contributed by atoms with E-state index in [1.807, 2.05) is 6.08 Å². The second-order valence-corrected chi connectivity index (χ2v) is 14.7. The van der Waals surface area contributed by atoms with E-state index in [-0.39, 0.29) is 18.5 Å². The molecule has 0 spiro atoms. The second kappa shape index (κ2) is 40.8. The highest BCUT2D eigenvalue weighted by Gasteiger charge is 2.17. The van der Waals surface area contributed by atoms with E-state index in [0.29, 0.717) is 19.4 Å². The van der Waals surface area contributed by atoms with Gasteiger partial charge in [0.15, 0.2) is 0 Å². The molecule has 2 unspecified atom stereocenters. The number of carbonyl (C=O) groups is 2. The van der Waals surface area contributed by atoms with Gasteiger partial charge in [-0.05, 0) is 83.5 Å². The van der Waals surface area contributed by atoms with Gasteiger partial charge in [0.25, 0.3) is 0 Å². The van der Waals surface area contributed by atoms with Gasteiger partial charge in [-0.15, -0.1) is 0 Å². The van der Waals surface area contributed by atoms with Crippen molar-refractivity contribution in [3.05, 3.63) is 36.5 Å². The molecule has 3 N–H and O–H groups in total. The van der Waals surface area contributed by atoms with Gasteiger partial charge < -0.3 is 20.3 Å². The molecule has 0 radical (unpaired) electrons. The molecule has 0 heterocycles. The van der Waals surface area contributed by atoms with Gasteiger partial charge in [-0.3, -0.25) is 9.59 Å². The van der Waals surface area contributed by atoms with Crippen molar-refractivity contribution in [3.8, 4) is 0 Å². The number of aliphatic hydroxyl groups excluding tert-OH is 2. The predicted octanol–water partition coefficient (Wildman–Crippen LogP) is 12.2. The Hall–Kier alpha value is -1.92. The number of allylic oxidation sites excluding steroid dienone is 5. The lowest BCUT2D eigenvalue weighted by atomic mass is 10.1. The molecule has 0 bridgehead atoms. The van der Waals surface area contributed by atoms with Crippen LogP contribution in [0.4, 0.5) is 0 Å². The SMILES string of the molecule is CCCCCCCC/C=C\CCCCCCCC(=O)OCCCC/C=C\CCCCCCC(=O)NC(CO)C(O)/C=C/CCCCCCCCC. The molecule has 298 valence electrons. The van der Waals surface area contributed by atoms with E-state index in [1.54, 1.807) is 6.08 Å². The summed E-state index contributed by atoms with van der Waals surface area (Å²) in [6.07, 6.45) is 47.1. The van der Waals surface area contributed by atoms with E-state index in [4.69, 9.17) is 4.74 Å². The maximum absolute atomic E-state index is 12.3. The van der Waals surface area contributed by atoms with Gasteiger partial charge in [0.05, 0.1) is 25.4 Å². The Morgan fingerprint density at radius 2 is 0.922 bits per heavy atom. The fourth-order valence-corrected chi connectivity index (χ4v) is 6.21. The molecule has 0 aliphatic heterocycles. The summed E-state index contributed by atoms with van der Waals surface area (Å²) in [4.78, 5) is 24.3. The smallest absolute Gasteiger partial charge is 0.305 e. The molecule has 2 atom stereocenters. The highest BCUT2D eigenvalue weighted by atomic mass is 16.5. The number of hydrogen-bond acceptors (Lipinski definition) is 5. The van der Waals surface area contributed by atoms with Crippen LogP contribution in [0.15, 0.2) is 36.5 Å². The largest absolute Gasteiger partial charge is 0.466 e. The Labute approximate surface area is 315 Å². The van der Waals surface area contributed by atoms with Crippen LogP contribution in [0.2, 0.25) is 0 Å². The van der Waals surface area contributed by atoms with Crippen LogP contribution < -0.4 is 5.32 Å². The quantitative estimate of drug-likeness (QED) is 0.0334. The van der Waals surface area contributed by atoms with E-state index in [0.717, 1.165) is 77.0 Å². The Balaban J connectivity index is 3.57. The molecule has 6 nitrogen and oxygen atoms in total. The first-order valence-electron chi connectivity index (χ1n) is 21.8. The Bertz CT molecular complexity index is 838. The zero-order valence-electron chi connectivity index (χ0n) is 33.6. The monoisotopic (exact) mass is 718 g/mol. The van der Waals surface area contributed by atoms with Gasteiger partial charge in [0, 0.05) is 12.8 Å². The van der Waals surface area contributed by atoms with Crippen LogP contribution in [-0.4, -0.2) is 47.4 Å². The van der Waals surface area contributed by atoms with E-state index in [9.17, 15) is 19.8 Å². The van der Waals surface area contributed by atoms with E-state index < -0.39 is 12.1 Å². The number of amides is 1. The normalized spacial score (nSPS) is 13.1. The number of nitrogens with one attached hydrogen (secondary N) is 1. The van der Waals surface area contributed by atoms with Crippen LogP contribution in [0.5, 0.6) is 0 Å². The average molecular weight is 718 g/mol. The average Bonchev–Trinajstić information content (AvgIpc) is 3.13. The molecule has 0 aromatic heterocycles. The second-order valence-electron chi connectivity index (χ2n) is 14.7. The molecular formula is C45H83NO5. The Morgan fingerprint density at radius 3 is 1.39 bits per heavy atom. The lowest BCUT2D eigenvalue weighted by Gasteiger charge is -2.20. The summed E-state index contributed by atoms with van der Waals surface area (Å²) < 4.78 is 5.41. The maximum atomic E-state index is 12.3. The van der Waals surface area contributed by atoms with E-state index in [2.05, 4.69) is 43.5 Å². The molecule has 1 amide bonds. The summed E-state index contributed by atoms with van der Waals surface area (Å²) in [7, 11) is 0. The van der Waals surface area contributed by atoms with Crippen molar-refractivity contribution in [2.45, 2.75) is 225 Å². The van der Waals surface area contributed by atoms with Gasteiger partial charge >= 0.3 is 5.97 Å². The number of ether oxygens (including phenoxy) is 1. The van der Waals surface area contributed by atoms with Gasteiger partial charge in [-0.2, -0.15) is 0 Å². The first kappa shape index (κ1) is 49.1. The van der Waals surface area contributed by atoms with E-state index in [1.165, 1.54) is 109 Å². The highest BCUT2D eigenvalue weighted by Crippen LogP contribution is 2.12. The number of aliphatic hydroxyl groups is 2. The van der Waals surface area contributed by atoms with Crippen LogP contribution in [0.1, 0.15) is 213 Å². The van der Waals surface area contributed by atoms with Crippen molar-refractivity contribution in [1.82, 2.24) is 5.32 Å². The van der Waals surface area contributed by atoms with Crippen LogP contribution in [0.25, 0.3) is 0 Å². The van der Waals surface area contributed by atoms with Crippen molar-refractivity contribution < 1.29 is 24.5 Å². The fourth-order valence-electron chi connectivity index (χ4n) is 6.21. The zero-order chi connectivity index (χ0) is 37.3. The minimum atomic E-state index is -0.864. The van der Waals surface area contributed by atoms with Crippen molar-refractivity contribution in [3.63, 3.8) is 0 Å². The van der Waals surface area contributed by atoms with Crippen LogP contribution in [0, 0.1) is 0 Å². The summed E-state index contributed by atoms with van der Waals surface area (Å²) in [6, 6.07) is -0.651. The lowest BCUT2D eigenvalue weighted by Crippen LogP contribution is -2.45. The molecule has 0 aliphatic rings. The molecule has 0 rings (SSSR count). The summed E-state index contributed by atoms with van der Waals surface area (Å²) in [5.41, 5.74) is 0. The van der Waals surface area contributed by atoms with E-state index >= 15 is 0 Å². The van der Waals surface area contributed by atoms with Crippen LogP contribution in [-0.2, 0) is 14.3 Å². The maximum Gasteiger partial charge on any atom is 0.305 e. The van der Waals surface area contributed by atoms with Crippen LogP contribution >= 0.6 is 0 Å². The number of rotatable bonds is 39. The highest BCUT2D eigenvalue weighted by molar-refractivity contribution is 5.76. The summed E-state index contributed by atoms with van der Waals surface area (Å²) >= 11 is 0. The molecule has 51 heavy (non-hydrogen) atoms. The summed E-state index contributed by atoms with van der Waals surface area (Å²) in [5.74, 6) is -0.157. The van der Waals surface area contributed by atoms with Gasteiger partial charge in [-0.25, -0.2) is 0 Å². The topological polar surface area (TPSA) is 95.9 Å². The van der Waals surface area contributed by atoms with Crippen molar-refractivity contribution in [2.75, 3.05) is 13.2 Å². The molecule has 0 fully saturated rings. The molecule has 0 aliphatic carbocycles. The minimum absolute atomic E-state index is 0.0482. The summed E-state index contributed by atoms with van der Waals surface area (Å²) in [5, 5.41) is 22.8. The lowest BCUT2D eigenvalue weighted by molar-refractivity contribution is -0.143. The van der Waals surface area contributed by atoms with Gasteiger partial charge in [0.2, 0.25) is 5.91 Å². The third kappa shape index (κ3) is 37.6. The first-order chi connectivity index (χ1) is 25.0. The van der Waals surface area contributed by atoms with Crippen molar-refractivity contribution in [2.24, 2.45) is 0 Å². The standard InChI is InChI=1S/C45H83NO5/c1-3-5-7-9-11-13-14-15-16-17-18-23-27-31-35-39-45(50)51-40-36-32-28-24-20-19-22-26-30-34-38-44(49)46-42(41-47)43(48)37-33-29-25-21-12-10-8-6-4-2/h15-16,20,24,33,37,42-43,47-48H,3-14,17-19,21-23,25-32,34-36,38-41H2,1-2H3,(H,46,49)/b16-15-,24-20-,37-33+. The molecule has 0 aromatic rings. The summed E-state index contributed by atoms with van der Waals surface area (Å²) in [6.45, 7) is 4.75. The Kier molecular flexibility index (Phi) is 39.3. The number of esters is 1. The van der Waals surface area contributed by atoms with Crippen molar-refractivity contribution >= 4 is 11.9 Å². The molecule has 0 saturated carbocycles. The van der Waals surface area contributed by atoms with Gasteiger partial charge in [0.1, 0.15) is 0 Å². The third-order valence-corrected chi connectivity index (χ3v) is 9.63. The molecular weight excluding hydrogens is 634 g/mol. The molecule has 0 saturated heterocycles. The molecule has 0 aromatic carbocycles. The van der Waals surface area contributed by atoms with Gasteiger partial charge in [-0.1, -0.05) is 153 Å². The number of carbonyl (C=O) groups excluding carboxylic acids is 2. The Morgan fingerprint density at radius 1 is 0.529 bits per heavy atom. The number of unbranched alkanes of at least 4 members (excludes halogenated alkanes) is 24. The zero-order valence-corrected chi connectivity index (χ0v) is 33.6. The third-order valence-electron chi connectivity index (χ3n) is 9.63. The predicted molar refractivity (Wildman–Crippen MR) is 218 cm³/mol. The van der Waals surface area contributed by atoms with Crippen LogP contribution in [0.3, 0.4) is 0 Å². The first-order valence-corrected chi connectivity index (χ1v) is 21.8. The van der Waals surface area contributed by atoms with Crippen molar-refractivity contribution in [1.29, 1.82) is 0 Å². The number of hydrogen-bond donors (Lipinski definition) is 3. The molecule has 6 heteroatoms. The minimum Gasteiger partial charge on any atom is -0.466 e. The fraction of sp³-hybridized carbons (Fsp3) is 0.822.